The fourth-order valence-electron chi connectivity index (χ4n) is 2.51. The molecule has 132 valence electrons. The molecule has 10 heteroatoms. The minimum Gasteiger partial charge on any atom is -0.375 e. The number of nitro benzene ring substituents is 1. The number of piperazine rings is 1. The van der Waals surface area contributed by atoms with Gasteiger partial charge in [-0.2, -0.15) is 4.31 Å². The van der Waals surface area contributed by atoms with Gasteiger partial charge in [0.2, 0.25) is 15.9 Å². The molecule has 0 unspecified atom stereocenters. The van der Waals surface area contributed by atoms with Crippen molar-refractivity contribution in [2.24, 2.45) is 0 Å². The molecule has 0 saturated carbocycles. The van der Waals surface area contributed by atoms with Gasteiger partial charge in [-0.15, -0.1) is 0 Å². The number of nitro groups is 1. The molecule has 0 radical (unpaired) electrons. The van der Waals surface area contributed by atoms with Gasteiger partial charge in [0.05, 0.1) is 9.82 Å². The van der Waals surface area contributed by atoms with Crippen LogP contribution in [0.15, 0.2) is 23.1 Å². The summed E-state index contributed by atoms with van der Waals surface area (Å²) in [6.45, 7) is 2.34. The lowest BCUT2D eigenvalue weighted by molar-refractivity contribution is -0.385. The molecule has 0 atom stereocenters. The fraction of sp³-hybridized carbons (Fsp3) is 0.500. The van der Waals surface area contributed by atoms with Gasteiger partial charge in [0, 0.05) is 45.4 Å². The monoisotopic (exact) mass is 357 g/mol. The first kappa shape index (κ1) is 18.3. The summed E-state index contributed by atoms with van der Waals surface area (Å²) in [6.07, 6.45) is 0. The number of nitrogens with zero attached hydrogens (tertiary/aromatic N) is 3. The number of carbonyl (C=O) groups excluding carboxylic acids is 1. The highest BCUT2D eigenvalue weighted by molar-refractivity contribution is 7.89. The van der Waals surface area contributed by atoms with Crippen molar-refractivity contribution >= 4 is 21.6 Å². The molecule has 2 rings (SSSR count). The molecule has 1 aromatic rings. The van der Waals surface area contributed by atoms with Gasteiger partial charge in [0.15, 0.2) is 0 Å². The Hall–Kier alpha value is -2.04. The molecule has 1 saturated heterocycles. The molecule has 9 nitrogen and oxygen atoms in total. The first-order valence-electron chi connectivity index (χ1n) is 7.29. The van der Waals surface area contributed by atoms with Gasteiger partial charge in [0.1, 0.15) is 6.61 Å². The van der Waals surface area contributed by atoms with E-state index in [-0.39, 0.29) is 49.3 Å². The van der Waals surface area contributed by atoms with Gasteiger partial charge in [-0.05, 0) is 12.5 Å². The van der Waals surface area contributed by atoms with Crippen LogP contribution in [0.2, 0.25) is 0 Å². The Balaban J connectivity index is 2.19. The Labute approximate surface area is 140 Å². The molecule has 0 aliphatic carbocycles. The van der Waals surface area contributed by atoms with Crippen LogP contribution >= 0.6 is 0 Å². The second kappa shape index (κ2) is 7.24. The summed E-state index contributed by atoms with van der Waals surface area (Å²) in [6, 6.07) is 3.77. The van der Waals surface area contributed by atoms with E-state index >= 15 is 0 Å². The normalized spacial score (nSPS) is 16.2. The van der Waals surface area contributed by atoms with Crippen molar-refractivity contribution < 1.29 is 22.9 Å². The summed E-state index contributed by atoms with van der Waals surface area (Å²) in [4.78, 5) is 23.5. The van der Waals surface area contributed by atoms with E-state index in [9.17, 15) is 23.3 Å². The number of sulfonamides is 1. The SMILES string of the molecule is COCC(=O)N1CCN(S(=O)(=O)c2cc([N+](=O)[O-])ccc2C)CC1. The lowest BCUT2D eigenvalue weighted by Gasteiger charge is -2.34. The van der Waals surface area contributed by atoms with E-state index in [1.807, 2.05) is 0 Å². The van der Waals surface area contributed by atoms with Crippen LogP contribution < -0.4 is 0 Å². The molecule has 1 fully saturated rings. The molecular formula is C14H19N3O6S. The molecule has 1 amide bonds. The summed E-state index contributed by atoms with van der Waals surface area (Å²) in [5, 5.41) is 10.9. The Kier molecular flexibility index (Phi) is 5.52. The quantitative estimate of drug-likeness (QED) is 0.557. The minimum absolute atomic E-state index is 0.0449. The summed E-state index contributed by atoms with van der Waals surface area (Å²) in [5.74, 6) is -0.193. The van der Waals surface area contributed by atoms with Crippen molar-refractivity contribution in [1.82, 2.24) is 9.21 Å². The Morgan fingerprint density at radius 2 is 1.92 bits per heavy atom. The topological polar surface area (TPSA) is 110 Å². The smallest absolute Gasteiger partial charge is 0.270 e. The Bertz CT molecular complexity index is 741. The van der Waals surface area contributed by atoms with Crippen molar-refractivity contribution in [3.05, 3.63) is 33.9 Å². The number of benzene rings is 1. The van der Waals surface area contributed by atoms with Crippen molar-refractivity contribution in [3.63, 3.8) is 0 Å². The molecule has 24 heavy (non-hydrogen) atoms. The zero-order valence-corrected chi connectivity index (χ0v) is 14.3. The lowest BCUT2D eigenvalue weighted by atomic mass is 10.2. The lowest BCUT2D eigenvalue weighted by Crippen LogP contribution is -2.51. The number of ether oxygens (including phenoxy) is 1. The minimum atomic E-state index is -3.85. The Morgan fingerprint density at radius 3 is 2.46 bits per heavy atom. The van der Waals surface area contributed by atoms with Crippen LogP contribution in [0.25, 0.3) is 0 Å². The predicted octanol–water partition coefficient (Wildman–Crippen LogP) is 0.383. The first-order chi connectivity index (χ1) is 11.3. The number of rotatable bonds is 5. The summed E-state index contributed by atoms with van der Waals surface area (Å²) < 4.78 is 31.6. The molecule has 1 heterocycles. The average molecular weight is 357 g/mol. The summed E-state index contributed by atoms with van der Waals surface area (Å²) >= 11 is 0. The largest absolute Gasteiger partial charge is 0.375 e. The predicted molar refractivity (Wildman–Crippen MR) is 85.0 cm³/mol. The maximum absolute atomic E-state index is 12.8. The zero-order valence-electron chi connectivity index (χ0n) is 13.5. The highest BCUT2D eigenvalue weighted by atomic mass is 32.2. The first-order valence-corrected chi connectivity index (χ1v) is 8.73. The van der Waals surface area contributed by atoms with Crippen molar-refractivity contribution in [3.8, 4) is 0 Å². The number of methoxy groups -OCH3 is 1. The van der Waals surface area contributed by atoms with Crippen molar-refractivity contribution in [2.75, 3.05) is 39.9 Å². The average Bonchev–Trinajstić information content (AvgIpc) is 2.55. The van der Waals surface area contributed by atoms with Gasteiger partial charge in [-0.25, -0.2) is 8.42 Å². The van der Waals surface area contributed by atoms with E-state index < -0.39 is 14.9 Å². The Morgan fingerprint density at radius 1 is 1.29 bits per heavy atom. The molecule has 0 spiro atoms. The molecule has 1 aromatic carbocycles. The van der Waals surface area contributed by atoms with Gasteiger partial charge in [-0.1, -0.05) is 6.07 Å². The van der Waals surface area contributed by atoms with Crippen LogP contribution in [0, 0.1) is 17.0 Å². The van der Waals surface area contributed by atoms with Crippen LogP contribution in [-0.2, 0) is 19.6 Å². The molecule has 1 aliphatic heterocycles. The number of aryl methyl sites for hydroxylation is 1. The maximum atomic E-state index is 12.8. The van der Waals surface area contributed by atoms with Crippen molar-refractivity contribution in [2.45, 2.75) is 11.8 Å². The van der Waals surface area contributed by atoms with Crippen LogP contribution in [0.4, 0.5) is 5.69 Å². The number of hydrogen-bond donors (Lipinski definition) is 0. The standard InChI is InChI=1S/C14H19N3O6S/c1-11-3-4-12(17(19)20)9-13(11)24(21,22)16-7-5-15(6-8-16)14(18)10-23-2/h3-4,9H,5-8,10H2,1-2H3. The summed E-state index contributed by atoms with van der Waals surface area (Å²) in [7, 11) is -2.43. The van der Waals surface area contributed by atoms with Gasteiger partial charge < -0.3 is 9.64 Å². The summed E-state index contributed by atoms with van der Waals surface area (Å²) in [5.41, 5.74) is 0.173. The van der Waals surface area contributed by atoms with Crippen LogP contribution in [-0.4, -0.2) is 68.3 Å². The number of carbonyl (C=O) groups is 1. The van der Waals surface area contributed by atoms with E-state index in [1.165, 1.54) is 28.4 Å². The van der Waals surface area contributed by atoms with Gasteiger partial charge >= 0.3 is 0 Å². The third-order valence-electron chi connectivity index (χ3n) is 3.86. The van der Waals surface area contributed by atoms with E-state index in [0.717, 1.165) is 6.07 Å². The molecule has 0 bridgehead atoms. The van der Waals surface area contributed by atoms with Gasteiger partial charge in [-0.3, -0.25) is 14.9 Å². The highest BCUT2D eigenvalue weighted by Gasteiger charge is 2.31. The highest BCUT2D eigenvalue weighted by Crippen LogP contribution is 2.25. The molecule has 1 aliphatic rings. The molecular weight excluding hydrogens is 338 g/mol. The third kappa shape index (κ3) is 3.71. The van der Waals surface area contributed by atoms with E-state index in [1.54, 1.807) is 6.92 Å². The second-order valence-electron chi connectivity index (χ2n) is 5.42. The van der Waals surface area contributed by atoms with E-state index in [0.29, 0.717) is 5.56 Å². The third-order valence-corrected chi connectivity index (χ3v) is 5.90. The van der Waals surface area contributed by atoms with Crippen LogP contribution in [0.1, 0.15) is 5.56 Å². The van der Waals surface area contributed by atoms with Gasteiger partial charge in [0.25, 0.3) is 5.69 Å². The van der Waals surface area contributed by atoms with Crippen LogP contribution in [0.3, 0.4) is 0 Å². The van der Waals surface area contributed by atoms with E-state index in [2.05, 4.69) is 0 Å². The fourth-order valence-corrected chi connectivity index (χ4v) is 4.18. The van der Waals surface area contributed by atoms with Crippen molar-refractivity contribution in [1.29, 1.82) is 0 Å². The van der Waals surface area contributed by atoms with Crippen LogP contribution in [0.5, 0.6) is 0 Å². The molecule has 0 N–H and O–H groups in total. The number of hydrogen-bond acceptors (Lipinski definition) is 6. The number of non-ortho nitro benzene ring substituents is 1. The molecule has 0 aromatic heterocycles. The number of amides is 1. The zero-order chi connectivity index (χ0) is 17.9. The van der Waals surface area contributed by atoms with E-state index in [4.69, 9.17) is 4.74 Å². The maximum Gasteiger partial charge on any atom is 0.270 e. The second-order valence-corrected chi connectivity index (χ2v) is 7.33.